The van der Waals surface area contributed by atoms with Crippen LogP contribution in [0.1, 0.15) is 23.3 Å². The van der Waals surface area contributed by atoms with Gasteiger partial charge >= 0.3 is 0 Å². The average molecular weight is 431 g/mol. The van der Waals surface area contributed by atoms with E-state index in [1.165, 1.54) is 4.88 Å². The predicted molar refractivity (Wildman–Crippen MR) is 120 cm³/mol. The molecule has 30 heavy (non-hydrogen) atoms. The maximum atomic E-state index is 12.3. The first kappa shape index (κ1) is 22.2. The third-order valence-corrected chi connectivity index (χ3v) is 6.21. The van der Waals surface area contributed by atoms with Crippen LogP contribution in [0.15, 0.2) is 35.7 Å². The standard InChI is InChI=1S/C23H30N2O4S/c1-27-20-13-18(14-21(28-2)23(20)29-3)6-7-22(26)24-15-17-8-10-25(11-9-17)16-19-5-4-12-30-19/h4-7,12-14,17H,8-11,15-16H2,1-3H3,(H,24,26)/b7-6+. The van der Waals surface area contributed by atoms with E-state index in [9.17, 15) is 4.79 Å². The summed E-state index contributed by atoms with van der Waals surface area (Å²) < 4.78 is 16.0. The molecule has 1 amide bonds. The van der Waals surface area contributed by atoms with E-state index >= 15 is 0 Å². The molecule has 1 aliphatic heterocycles. The van der Waals surface area contributed by atoms with Crippen LogP contribution >= 0.6 is 11.3 Å². The Bertz CT molecular complexity index is 818. The molecular weight excluding hydrogens is 400 g/mol. The van der Waals surface area contributed by atoms with Crippen LogP contribution in [0.25, 0.3) is 6.08 Å². The van der Waals surface area contributed by atoms with E-state index in [1.807, 2.05) is 23.5 Å². The SMILES string of the molecule is COc1cc(/C=C/C(=O)NCC2CCN(Cc3cccs3)CC2)cc(OC)c1OC. The molecule has 0 aliphatic carbocycles. The predicted octanol–water partition coefficient (Wildman–Crippen LogP) is 3.82. The Kier molecular flexibility index (Phi) is 8.16. The van der Waals surface area contributed by atoms with E-state index in [1.54, 1.807) is 33.5 Å². The molecule has 6 nitrogen and oxygen atoms in total. The minimum absolute atomic E-state index is 0.0928. The molecule has 1 aromatic carbocycles. The van der Waals surface area contributed by atoms with Gasteiger partial charge in [-0.1, -0.05) is 6.07 Å². The van der Waals surface area contributed by atoms with Gasteiger partial charge in [-0.2, -0.15) is 0 Å². The second kappa shape index (κ2) is 11.0. The van der Waals surface area contributed by atoms with Gasteiger partial charge < -0.3 is 19.5 Å². The summed E-state index contributed by atoms with van der Waals surface area (Å²) in [5.41, 5.74) is 0.807. The highest BCUT2D eigenvalue weighted by Gasteiger charge is 2.19. The molecule has 1 aromatic heterocycles. The molecule has 1 saturated heterocycles. The number of piperidine rings is 1. The Labute approximate surface area is 182 Å². The molecule has 1 N–H and O–H groups in total. The van der Waals surface area contributed by atoms with Crippen LogP contribution < -0.4 is 19.5 Å². The van der Waals surface area contributed by atoms with Crippen LogP contribution in [-0.2, 0) is 11.3 Å². The van der Waals surface area contributed by atoms with E-state index in [0.29, 0.717) is 29.7 Å². The van der Waals surface area contributed by atoms with E-state index in [0.717, 1.165) is 38.0 Å². The number of carbonyl (C=O) groups excluding carboxylic acids is 1. The second-order valence-electron chi connectivity index (χ2n) is 7.34. The van der Waals surface area contributed by atoms with Crippen molar-refractivity contribution in [2.45, 2.75) is 19.4 Å². The van der Waals surface area contributed by atoms with Crippen LogP contribution in [0.5, 0.6) is 17.2 Å². The maximum absolute atomic E-state index is 12.3. The van der Waals surface area contributed by atoms with Crippen molar-refractivity contribution in [1.82, 2.24) is 10.2 Å². The van der Waals surface area contributed by atoms with Crippen molar-refractivity contribution in [3.8, 4) is 17.2 Å². The molecule has 2 heterocycles. The summed E-state index contributed by atoms with van der Waals surface area (Å²) in [5.74, 6) is 2.09. The molecule has 0 saturated carbocycles. The van der Waals surface area contributed by atoms with Crippen LogP contribution in [0.3, 0.4) is 0 Å². The molecule has 7 heteroatoms. The molecule has 0 radical (unpaired) electrons. The maximum Gasteiger partial charge on any atom is 0.244 e. The fourth-order valence-corrected chi connectivity index (χ4v) is 4.39. The molecule has 0 bridgehead atoms. The molecule has 1 aliphatic rings. The Hall–Kier alpha value is -2.51. The van der Waals surface area contributed by atoms with Gasteiger partial charge in [0, 0.05) is 24.0 Å². The van der Waals surface area contributed by atoms with Crippen molar-refractivity contribution < 1.29 is 19.0 Å². The Balaban J connectivity index is 1.46. The quantitative estimate of drug-likeness (QED) is 0.613. The largest absolute Gasteiger partial charge is 0.493 e. The summed E-state index contributed by atoms with van der Waals surface area (Å²) in [7, 11) is 4.71. The Morgan fingerprint density at radius 2 is 1.87 bits per heavy atom. The molecular formula is C23H30N2O4S. The lowest BCUT2D eigenvalue weighted by atomic mass is 9.96. The third kappa shape index (κ3) is 6.00. The van der Waals surface area contributed by atoms with Crippen LogP contribution in [-0.4, -0.2) is 51.8 Å². The summed E-state index contributed by atoms with van der Waals surface area (Å²) in [6.45, 7) is 3.92. The van der Waals surface area contributed by atoms with E-state index in [-0.39, 0.29) is 5.91 Å². The number of nitrogens with zero attached hydrogens (tertiary/aromatic N) is 1. The van der Waals surface area contributed by atoms with E-state index < -0.39 is 0 Å². The minimum Gasteiger partial charge on any atom is -0.493 e. The van der Waals surface area contributed by atoms with Crippen molar-refractivity contribution in [2.75, 3.05) is 41.0 Å². The topological polar surface area (TPSA) is 60.0 Å². The normalized spacial score (nSPS) is 15.3. The summed E-state index contributed by atoms with van der Waals surface area (Å²) in [6, 6.07) is 7.92. The fraction of sp³-hybridized carbons (Fsp3) is 0.435. The Morgan fingerprint density at radius 3 is 2.43 bits per heavy atom. The minimum atomic E-state index is -0.0928. The highest BCUT2D eigenvalue weighted by molar-refractivity contribution is 7.09. The molecule has 2 aromatic rings. The first-order valence-corrected chi connectivity index (χ1v) is 11.0. The number of likely N-dealkylation sites (tertiary alicyclic amines) is 1. The molecule has 0 unspecified atom stereocenters. The monoisotopic (exact) mass is 430 g/mol. The summed E-state index contributed by atoms with van der Waals surface area (Å²) in [4.78, 5) is 16.2. The number of rotatable bonds is 9. The molecule has 3 rings (SSSR count). The molecule has 0 spiro atoms. The summed E-state index contributed by atoms with van der Waals surface area (Å²) in [5, 5.41) is 5.16. The fourth-order valence-electron chi connectivity index (χ4n) is 3.64. The van der Waals surface area contributed by atoms with Gasteiger partial charge in [0.1, 0.15) is 0 Å². The number of ether oxygens (including phenoxy) is 3. The molecule has 1 fully saturated rings. The van der Waals surface area contributed by atoms with E-state index in [2.05, 4.69) is 27.7 Å². The van der Waals surface area contributed by atoms with Crippen LogP contribution in [0, 0.1) is 5.92 Å². The van der Waals surface area contributed by atoms with E-state index in [4.69, 9.17) is 14.2 Å². The lowest BCUT2D eigenvalue weighted by molar-refractivity contribution is -0.116. The summed E-state index contributed by atoms with van der Waals surface area (Å²) >= 11 is 1.81. The van der Waals surface area contributed by atoms with Gasteiger partial charge in [0.2, 0.25) is 11.7 Å². The molecule has 162 valence electrons. The van der Waals surface area contributed by atoms with Crippen molar-refractivity contribution in [3.05, 3.63) is 46.2 Å². The van der Waals surface area contributed by atoms with Crippen LogP contribution in [0.4, 0.5) is 0 Å². The zero-order valence-electron chi connectivity index (χ0n) is 17.8. The van der Waals surface area contributed by atoms with Gasteiger partial charge in [-0.05, 0) is 67.1 Å². The third-order valence-electron chi connectivity index (χ3n) is 5.35. The first-order chi connectivity index (χ1) is 14.6. The number of amides is 1. The number of carbonyl (C=O) groups is 1. The van der Waals surface area contributed by atoms with Gasteiger partial charge in [0.25, 0.3) is 0 Å². The first-order valence-electron chi connectivity index (χ1n) is 10.1. The lowest BCUT2D eigenvalue weighted by Crippen LogP contribution is -2.37. The molecule has 0 atom stereocenters. The van der Waals surface area contributed by atoms with Crippen molar-refractivity contribution in [3.63, 3.8) is 0 Å². The lowest BCUT2D eigenvalue weighted by Gasteiger charge is -2.31. The van der Waals surface area contributed by atoms with Crippen molar-refractivity contribution >= 4 is 23.3 Å². The van der Waals surface area contributed by atoms with Crippen LogP contribution in [0.2, 0.25) is 0 Å². The number of nitrogens with one attached hydrogen (secondary N) is 1. The van der Waals surface area contributed by atoms with Gasteiger partial charge in [-0.15, -0.1) is 11.3 Å². The average Bonchev–Trinajstić information content (AvgIpc) is 3.29. The number of hydrogen-bond donors (Lipinski definition) is 1. The van der Waals surface area contributed by atoms with Gasteiger partial charge in [-0.25, -0.2) is 0 Å². The van der Waals surface area contributed by atoms with Gasteiger partial charge in [-0.3, -0.25) is 9.69 Å². The van der Waals surface area contributed by atoms with Crippen molar-refractivity contribution in [1.29, 1.82) is 0 Å². The number of benzene rings is 1. The number of methoxy groups -OCH3 is 3. The Morgan fingerprint density at radius 1 is 1.17 bits per heavy atom. The summed E-state index contributed by atoms with van der Waals surface area (Å²) in [6.07, 6.45) is 5.53. The number of thiophene rings is 1. The zero-order chi connectivity index (χ0) is 21.3. The number of hydrogen-bond acceptors (Lipinski definition) is 6. The highest BCUT2D eigenvalue weighted by atomic mass is 32.1. The van der Waals surface area contributed by atoms with Crippen molar-refractivity contribution in [2.24, 2.45) is 5.92 Å². The van der Waals surface area contributed by atoms with Gasteiger partial charge in [0.15, 0.2) is 11.5 Å². The zero-order valence-corrected chi connectivity index (χ0v) is 18.7. The highest BCUT2D eigenvalue weighted by Crippen LogP contribution is 2.38. The van der Waals surface area contributed by atoms with Gasteiger partial charge in [0.05, 0.1) is 21.3 Å². The smallest absolute Gasteiger partial charge is 0.244 e. The second-order valence-corrected chi connectivity index (χ2v) is 8.37.